The molecule has 1 rings (SSSR count). The van der Waals surface area contributed by atoms with Gasteiger partial charge in [0.05, 0.1) is 25.0 Å². The zero-order valence-corrected chi connectivity index (χ0v) is 19.8. The molecule has 0 aliphatic carbocycles. The summed E-state index contributed by atoms with van der Waals surface area (Å²) in [5.41, 5.74) is 0.955. The van der Waals surface area contributed by atoms with Gasteiger partial charge in [-0.1, -0.05) is 76.3 Å². The molecule has 0 unspecified atom stereocenters. The van der Waals surface area contributed by atoms with Crippen molar-refractivity contribution in [3.8, 4) is 0 Å². The summed E-state index contributed by atoms with van der Waals surface area (Å²) >= 11 is 0. The molecule has 1 aromatic carbocycles. The molecular formula is C26H36O7. The number of carbonyl (C=O) groups excluding carboxylic acids is 2. The molecular weight excluding hydrogens is 424 g/mol. The van der Waals surface area contributed by atoms with Crippen LogP contribution in [0.3, 0.4) is 0 Å². The van der Waals surface area contributed by atoms with Crippen molar-refractivity contribution >= 4 is 24.0 Å². The number of rotatable bonds is 11. The van der Waals surface area contributed by atoms with Crippen LogP contribution in [0.5, 0.6) is 0 Å². The number of carbonyl (C=O) groups is 3. The van der Waals surface area contributed by atoms with Crippen molar-refractivity contribution < 1.29 is 34.1 Å². The predicted molar refractivity (Wildman–Crippen MR) is 131 cm³/mol. The number of aliphatic hydroxyl groups is 1. The van der Waals surface area contributed by atoms with Gasteiger partial charge in [0, 0.05) is 11.6 Å². The maximum atomic E-state index is 11.3. The number of benzene rings is 1. The number of aliphatic hydroxyl groups excluding tert-OH is 1. The van der Waals surface area contributed by atoms with E-state index in [1.54, 1.807) is 0 Å². The molecule has 0 radical (unpaired) electrons. The van der Waals surface area contributed by atoms with Crippen LogP contribution in [0.25, 0.3) is 6.08 Å². The number of hydrogen-bond acceptors (Lipinski definition) is 6. The van der Waals surface area contributed by atoms with Gasteiger partial charge in [-0.15, -0.1) is 0 Å². The summed E-state index contributed by atoms with van der Waals surface area (Å²) in [6, 6.07) is 10.0. The van der Waals surface area contributed by atoms with E-state index in [4.69, 9.17) is 14.9 Å². The molecule has 1 aromatic rings. The van der Waals surface area contributed by atoms with Gasteiger partial charge < -0.3 is 19.7 Å². The Kier molecular flexibility index (Phi) is 20.7. The zero-order chi connectivity index (χ0) is 25.5. The highest BCUT2D eigenvalue weighted by atomic mass is 16.5. The Morgan fingerprint density at radius 2 is 1.52 bits per heavy atom. The lowest BCUT2D eigenvalue weighted by Gasteiger charge is -2.03. The summed E-state index contributed by atoms with van der Waals surface area (Å²) in [5, 5.41) is 17.4. The average molecular weight is 461 g/mol. The molecule has 0 bridgehead atoms. The van der Waals surface area contributed by atoms with Crippen LogP contribution in [0.15, 0.2) is 73.1 Å². The van der Waals surface area contributed by atoms with Crippen LogP contribution in [0.1, 0.15) is 52.0 Å². The van der Waals surface area contributed by atoms with Crippen molar-refractivity contribution in [2.45, 2.75) is 46.5 Å². The van der Waals surface area contributed by atoms with Gasteiger partial charge in [-0.3, -0.25) is 0 Å². The van der Waals surface area contributed by atoms with E-state index in [0.29, 0.717) is 12.9 Å². The normalized spacial score (nSPS) is 10.4. The van der Waals surface area contributed by atoms with Crippen molar-refractivity contribution in [2.24, 2.45) is 0 Å². The fraction of sp³-hybridized carbons (Fsp3) is 0.346. The van der Waals surface area contributed by atoms with E-state index in [1.165, 1.54) is 18.6 Å². The molecule has 0 heterocycles. The van der Waals surface area contributed by atoms with E-state index in [-0.39, 0.29) is 23.7 Å². The minimum absolute atomic E-state index is 0.0484. The average Bonchev–Trinajstić information content (AvgIpc) is 2.83. The highest BCUT2D eigenvalue weighted by Crippen LogP contribution is 2.05. The SMILES string of the molecule is C=CC(=O)OCCCC.C=Cc1ccccc1.CCCCOC(=O)C(C=C(C)C(=O)O)=CO. The molecule has 7 heteroatoms. The van der Waals surface area contributed by atoms with Gasteiger partial charge >= 0.3 is 17.9 Å². The van der Waals surface area contributed by atoms with Crippen LogP contribution in [-0.4, -0.2) is 41.3 Å². The predicted octanol–water partition coefficient (Wildman–Crippen LogP) is 5.65. The first-order valence-electron chi connectivity index (χ1n) is 10.7. The van der Waals surface area contributed by atoms with Crippen molar-refractivity contribution in [2.75, 3.05) is 13.2 Å². The standard InChI is InChI=1S/C11H16O5.C8H8.C7H12O2/c1-3-4-5-16-11(15)9(7-12)6-8(2)10(13)14;1-2-8-6-4-3-5-7-8;1-3-5-6-9-7(8)4-2/h6-7,12H,3-5H2,1-2H3,(H,13,14);2-7H,1H2;4H,2-3,5-6H2,1H3. The molecule has 2 N–H and O–H groups in total. The Balaban J connectivity index is 0. The minimum Gasteiger partial charge on any atom is -0.515 e. The van der Waals surface area contributed by atoms with Gasteiger partial charge in [0.2, 0.25) is 0 Å². The van der Waals surface area contributed by atoms with Crippen molar-refractivity contribution in [3.63, 3.8) is 0 Å². The Hall–Kier alpha value is -3.61. The highest BCUT2D eigenvalue weighted by Gasteiger charge is 2.11. The number of aliphatic carboxylic acids is 1. The summed E-state index contributed by atoms with van der Waals surface area (Å²) in [6.45, 7) is 13.0. The molecule has 0 fully saturated rings. The van der Waals surface area contributed by atoms with E-state index in [1.807, 2.05) is 50.3 Å². The number of ether oxygens (including phenoxy) is 2. The van der Waals surface area contributed by atoms with Gasteiger partial charge in [-0.05, 0) is 31.4 Å². The molecule has 0 aliphatic heterocycles. The van der Waals surface area contributed by atoms with Crippen LogP contribution in [-0.2, 0) is 23.9 Å². The smallest absolute Gasteiger partial charge is 0.341 e. The third kappa shape index (κ3) is 18.8. The van der Waals surface area contributed by atoms with Gasteiger partial charge in [0.15, 0.2) is 0 Å². The molecule has 0 saturated carbocycles. The first-order chi connectivity index (χ1) is 15.8. The topological polar surface area (TPSA) is 110 Å². The lowest BCUT2D eigenvalue weighted by molar-refractivity contribution is -0.139. The third-order valence-electron chi connectivity index (χ3n) is 3.76. The maximum Gasteiger partial charge on any atom is 0.341 e. The number of hydrogen-bond donors (Lipinski definition) is 2. The summed E-state index contributed by atoms with van der Waals surface area (Å²) in [5.74, 6) is -2.21. The van der Waals surface area contributed by atoms with E-state index < -0.39 is 11.9 Å². The third-order valence-corrected chi connectivity index (χ3v) is 3.76. The fourth-order valence-electron chi connectivity index (χ4n) is 1.80. The highest BCUT2D eigenvalue weighted by molar-refractivity contribution is 5.95. The Labute approximate surface area is 196 Å². The zero-order valence-electron chi connectivity index (χ0n) is 19.8. The monoisotopic (exact) mass is 460 g/mol. The summed E-state index contributed by atoms with van der Waals surface area (Å²) in [6.07, 6.45) is 8.21. The van der Waals surface area contributed by atoms with Crippen LogP contribution in [0, 0.1) is 0 Å². The molecule has 0 saturated heterocycles. The van der Waals surface area contributed by atoms with E-state index >= 15 is 0 Å². The molecule has 0 atom stereocenters. The van der Waals surface area contributed by atoms with Crippen molar-refractivity contribution in [3.05, 3.63) is 78.6 Å². The molecule has 7 nitrogen and oxygen atoms in total. The Bertz CT molecular complexity index is 777. The molecule has 0 amide bonds. The number of carboxylic acid groups (broad SMARTS) is 1. The van der Waals surface area contributed by atoms with Crippen molar-refractivity contribution in [1.82, 2.24) is 0 Å². The number of carboxylic acids is 1. The van der Waals surface area contributed by atoms with Crippen LogP contribution < -0.4 is 0 Å². The fourth-order valence-corrected chi connectivity index (χ4v) is 1.80. The second kappa shape index (κ2) is 21.6. The van der Waals surface area contributed by atoms with Gasteiger partial charge in [-0.25, -0.2) is 14.4 Å². The molecule has 0 aromatic heterocycles. The first kappa shape index (κ1) is 31.6. The first-order valence-corrected chi connectivity index (χ1v) is 10.7. The van der Waals surface area contributed by atoms with Crippen LogP contribution >= 0.6 is 0 Å². The van der Waals surface area contributed by atoms with E-state index in [9.17, 15) is 14.4 Å². The molecule has 33 heavy (non-hydrogen) atoms. The quantitative estimate of drug-likeness (QED) is 0.144. The van der Waals surface area contributed by atoms with Gasteiger partial charge in [0.1, 0.15) is 0 Å². The minimum atomic E-state index is -1.15. The summed E-state index contributed by atoms with van der Waals surface area (Å²) < 4.78 is 9.49. The Morgan fingerprint density at radius 3 is 1.91 bits per heavy atom. The lowest BCUT2D eigenvalue weighted by Crippen LogP contribution is -2.09. The van der Waals surface area contributed by atoms with Gasteiger partial charge in [0.25, 0.3) is 0 Å². The van der Waals surface area contributed by atoms with Crippen molar-refractivity contribution in [1.29, 1.82) is 0 Å². The molecule has 0 spiro atoms. The van der Waals surface area contributed by atoms with Crippen LogP contribution in [0.4, 0.5) is 0 Å². The molecule has 0 aliphatic rings. The maximum absolute atomic E-state index is 11.3. The summed E-state index contributed by atoms with van der Waals surface area (Å²) in [4.78, 5) is 32.2. The largest absolute Gasteiger partial charge is 0.515 e. The summed E-state index contributed by atoms with van der Waals surface area (Å²) in [7, 11) is 0. The van der Waals surface area contributed by atoms with E-state index in [0.717, 1.165) is 31.8 Å². The lowest BCUT2D eigenvalue weighted by atomic mass is 10.2. The molecule has 182 valence electrons. The van der Waals surface area contributed by atoms with E-state index in [2.05, 4.69) is 17.9 Å². The van der Waals surface area contributed by atoms with Gasteiger partial charge in [-0.2, -0.15) is 0 Å². The Morgan fingerprint density at radius 1 is 0.970 bits per heavy atom. The second-order valence-corrected chi connectivity index (χ2v) is 6.55. The number of esters is 2. The van der Waals surface area contributed by atoms with Crippen LogP contribution in [0.2, 0.25) is 0 Å². The number of unbranched alkanes of at least 4 members (excludes halogenated alkanes) is 2. The second-order valence-electron chi connectivity index (χ2n) is 6.55.